The maximum Gasteiger partial charge on any atom is 0.338 e. The zero-order chi connectivity index (χ0) is 31.8. The standard InChI is InChI=1S/C30H32O14/c1-14(41-21(33)8-5-15-3-6-16(32)7-4-15)18-11-30(44-27(18)38)10-9-17-19(26(37)39-2)13-40-28(22(17)30)43-29-25(36)24(35)23(34)20(12-31)42-29/h3-11,13-14,17,20,22-25,28-29,31-32,34-36H,12H2,1-2H3/b8-5-/t14-,17+,20+,22+,23+,24-,25+,28-,29-,30+/m0/s1. The Hall–Kier alpha value is -4.05. The van der Waals surface area contributed by atoms with Crippen molar-refractivity contribution >= 4 is 24.0 Å². The molecule has 236 valence electrons. The van der Waals surface area contributed by atoms with Crippen LogP contribution in [0.25, 0.3) is 6.08 Å². The summed E-state index contributed by atoms with van der Waals surface area (Å²) in [5.41, 5.74) is -0.852. The van der Waals surface area contributed by atoms with Gasteiger partial charge >= 0.3 is 17.9 Å². The van der Waals surface area contributed by atoms with E-state index in [4.69, 9.17) is 28.4 Å². The molecule has 14 nitrogen and oxygen atoms in total. The lowest BCUT2D eigenvalue weighted by Gasteiger charge is -2.44. The quantitative estimate of drug-likeness (QED) is 0.109. The average molecular weight is 617 g/mol. The summed E-state index contributed by atoms with van der Waals surface area (Å²) in [6, 6.07) is 6.11. The molecule has 1 saturated heterocycles. The number of methoxy groups -OCH3 is 1. The Morgan fingerprint density at radius 2 is 1.82 bits per heavy atom. The number of carbonyl (C=O) groups excluding carboxylic acids is 3. The number of rotatable bonds is 8. The van der Waals surface area contributed by atoms with Crippen LogP contribution in [0.2, 0.25) is 0 Å². The minimum atomic E-state index is -1.75. The molecule has 1 aliphatic carbocycles. The van der Waals surface area contributed by atoms with Crippen molar-refractivity contribution in [3.8, 4) is 5.75 Å². The number of carbonyl (C=O) groups is 3. The van der Waals surface area contributed by atoms with Gasteiger partial charge in [-0.2, -0.15) is 0 Å². The summed E-state index contributed by atoms with van der Waals surface area (Å²) in [6.07, 6.45) is -2.06. The lowest BCUT2D eigenvalue weighted by molar-refractivity contribution is -0.344. The van der Waals surface area contributed by atoms with Crippen LogP contribution < -0.4 is 0 Å². The number of aliphatic hydroxyl groups excluding tert-OH is 4. The Kier molecular flexibility index (Phi) is 8.92. The maximum absolute atomic E-state index is 13.1. The van der Waals surface area contributed by atoms with Gasteiger partial charge in [0.05, 0.1) is 37.0 Å². The SMILES string of the molecule is COC(=O)C1=CO[C@@H](O[C@@H]2O[C@H](CO)[C@@H](O)[C@H](O)[C@H]2O)[C@H]2[C@@H]1C=C[C@@]21C=C([C@H](C)OC(=O)/C=C\c2ccc(O)cc2)C(=O)O1. The van der Waals surface area contributed by atoms with Crippen LogP contribution in [0.15, 0.2) is 66.0 Å². The van der Waals surface area contributed by atoms with Crippen LogP contribution in [0.5, 0.6) is 5.75 Å². The number of benzene rings is 1. The van der Waals surface area contributed by atoms with E-state index in [0.29, 0.717) is 5.56 Å². The molecule has 0 radical (unpaired) electrons. The van der Waals surface area contributed by atoms with Crippen molar-refractivity contribution in [1.29, 1.82) is 0 Å². The van der Waals surface area contributed by atoms with Gasteiger partial charge in [-0.05, 0) is 42.8 Å². The fourth-order valence-corrected chi connectivity index (χ4v) is 5.59. The van der Waals surface area contributed by atoms with Crippen LogP contribution in [-0.4, -0.2) is 106 Å². The van der Waals surface area contributed by atoms with E-state index in [-0.39, 0.29) is 16.9 Å². The number of phenols is 1. The average Bonchev–Trinajstić information content (AvgIpc) is 3.56. The summed E-state index contributed by atoms with van der Waals surface area (Å²) in [5.74, 6) is -3.97. The zero-order valence-corrected chi connectivity index (χ0v) is 23.6. The molecule has 5 N–H and O–H groups in total. The van der Waals surface area contributed by atoms with Crippen molar-refractivity contribution in [1.82, 2.24) is 0 Å². The summed E-state index contributed by atoms with van der Waals surface area (Å²) in [6.45, 7) is 0.790. The lowest BCUT2D eigenvalue weighted by atomic mass is 9.78. The molecule has 0 unspecified atom stereocenters. The third kappa shape index (κ3) is 5.87. The Morgan fingerprint density at radius 3 is 2.50 bits per heavy atom. The molecule has 4 aliphatic rings. The van der Waals surface area contributed by atoms with Crippen molar-refractivity contribution in [2.75, 3.05) is 13.7 Å². The van der Waals surface area contributed by atoms with Crippen molar-refractivity contribution in [3.05, 3.63) is 71.5 Å². The second-order valence-electron chi connectivity index (χ2n) is 10.7. The van der Waals surface area contributed by atoms with Crippen LogP contribution in [0.1, 0.15) is 12.5 Å². The van der Waals surface area contributed by atoms with Gasteiger partial charge in [0.25, 0.3) is 0 Å². The second-order valence-corrected chi connectivity index (χ2v) is 10.7. The third-order valence-corrected chi connectivity index (χ3v) is 7.91. The number of allylic oxidation sites excluding steroid dienone is 1. The molecule has 1 aromatic carbocycles. The van der Waals surface area contributed by atoms with Crippen LogP contribution >= 0.6 is 0 Å². The summed E-state index contributed by atoms with van der Waals surface area (Å²) >= 11 is 0. The van der Waals surface area contributed by atoms with E-state index in [2.05, 4.69) is 0 Å². The summed E-state index contributed by atoms with van der Waals surface area (Å²) in [4.78, 5) is 38.2. The molecule has 14 heteroatoms. The number of hydrogen-bond donors (Lipinski definition) is 5. The maximum atomic E-state index is 13.1. The van der Waals surface area contributed by atoms with Gasteiger partial charge in [-0.25, -0.2) is 14.4 Å². The third-order valence-electron chi connectivity index (χ3n) is 7.91. The number of aromatic hydroxyl groups is 1. The molecule has 44 heavy (non-hydrogen) atoms. The van der Waals surface area contributed by atoms with Crippen molar-refractivity contribution < 1.29 is 68.3 Å². The molecule has 1 spiro atoms. The van der Waals surface area contributed by atoms with Gasteiger partial charge in [-0.1, -0.05) is 18.2 Å². The molecular weight excluding hydrogens is 584 g/mol. The molecule has 3 aliphatic heterocycles. The molecule has 10 atom stereocenters. The van der Waals surface area contributed by atoms with Gasteiger partial charge in [0.2, 0.25) is 6.29 Å². The largest absolute Gasteiger partial charge is 0.508 e. The Morgan fingerprint density at radius 1 is 1.09 bits per heavy atom. The molecule has 1 aromatic rings. The van der Waals surface area contributed by atoms with Crippen LogP contribution in [0.3, 0.4) is 0 Å². The molecular formula is C30H32O14. The highest BCUT2D eigenvalue weighted by atomic mass is 16.8. The number of esters is 3. The van der Waals surface area contributed by atoms with Gasteiger partial charge in [0.15, 0.2) is 11.9 Å². The first-order chi connectivity index (χ1) is 21.0. The summed E-state index contributed by atoms with van der Waals surface area (Å²) in [5, 5.41) is 49.8. The molecule has 1 fully saturated rings. The molecule has 5 rings (SSSR count). The predicted octanol–water partition coefficient (Wildman–Crippen LogP) is -0.409. The van der Waals surface area contributed by atoms with Crippen LogP contribution in [-0.2, 0) is 42.8 Å². The van der Waals surface area contributed by atoms with E-state index < -0.39 is 85.1 Å². The number of phenolic OH excluding ortho intramolecular Hbond substituents is 1. The molecule has 0 amide bonds. The van der Waals surface area contributed by atoms with E-state index in [0.717, 1.165) is 12.3 Å². The molecule has 0 saturated carbocycles. The van der Waals surface area contributed by atoms with E-state index >= 15 is 0 Å². The van der Waals surface area contributed by atoms with Crippen LogP contribution in [0.4, 0.5) is 0 Å². The number of hydrogen-bond acceptors (Lipinski definition) is 14. The minimum absolute atomic E-state index is 0.00226. The fraction of sp³-hybridized carbons (Fsp3) is 0.433. The number of fused-ring (bicyclic) bond motifs is 2. The predicted molar refractivity (Wildman–Crippen MR) is 146 cm³/mol. The first kappa shape index (κ1) is 31.4. The minimum Gasteiger partial charge on any atom is -0.508 e. The first-order valence-electron chi connectivity index (χ1n) is 13.7. The van der Waals surface area contributed by atoms with Gasteiger partial charge in [0.1, 0.15) is 36.3 Å². The van der Waals surface area contributed by atoms with E-state index in [1.54, 1.807) is 18.2 Å². The summed E-state index contributed by atoms with van der Waals surface area (Å²) < 4.78 is 33.2. The van der Waals surface area contributed by atoms with Crippen molar-refractivity contribution in [3.63, 3.8) is 0 Å². The highest BCUT2D eigenvalue weighted by Crippen LogP contribution is 2.51. The molecule has 0 bridgehead atoms. The lowest BCUT2D eigenvalue weighted by Crippen LogP contribution is -2.60. The van der Waals surface area contributed by atoms with E-state index in [9.17, 15) is 39.9 Å². The van der Waals surface area contributed by atoms with Gasteiger partial charge < -0.3 is 54.0 Å². The Balaban J connectivity index is 1.39. The normalized spacial score (nSPS) is 35.0. The Labute approximate surface area is 251 Å². The number of aliphatic hydroxyl groups is 4. The fourth-order valence-electron chi connectivity index (χ4n) is 5.59. The molecule has 3 heterocycles. The van der Waals surface area contributed by atoms with Crippen molar-refractivity contribution in [2.24, 2.45) is 11.8 Å². The first-order valence-corrected chi connectivity index (χ1v) is 13.7. The van der Waals surface area contributed by atoms with Gasteiger partial charge in [0, 0.05) is 12.0 Å². The van der Waals surface area contributed by atoms with Crippen LogP contribution in [0, 0.1) is 11.8 Å². The van der Waals surface area contributed by atoms with E-state index in [1.807, 2.05) is 0 Å². The summed E-state index contributed by atoms with van der Waals surface area (Å²) in [7, 11) is 1.18. The highest BCUT2D eigenvalue weighted by molar-refractivity contribution is 5.95. The number of ether oxygens (including phenoxy) is 6. The Bertz CT molecular complexity index is 1390. The zero-order valence-electron chi connectivity index (χ0n) is 23.6. The van der Waals surface area contributed by atoms with Gasteiger partial charge in [-0.15, -0.1) is 0 Å². The second kappa shape index (κ2) is 12.5. The van der Waals surface area contributed by atoms with E-state index in [1.165, 1.54) is 44.4 Å². The smallest absolute Gasteiger partial charge is 0.338 e. The van der Waals surface area contributed by atoms with Gasteiger partial charge in [-0.3, -0.25) is 0 Å². The van der Waals surface area contributed by atoms with Crippen molar-refractivity contribution in [2.45, 2.75) is 55.6 Å². The monoisotopic (exact) mass is 616 g/mol. The highest BCUT2D eigenvalue weighted by Gasteiger charge is 2.60. The topological polar surface area (TPSA) is 208 Å². The molecule has 0 aromatic heterocycles.